The number of benzene rings is 1. The molecule has 3 fully saturated rings. The third kappa shape index (κ3) is 3.22. The predicted molar refractivity (Wildman–Crippen MR) is 118 cm³/mol. The van der Waals surface area contributed by atoms with Crippen molar-refractivity contribution in [3.63, 3.8) is 0 Å². The van der Waals surface area contributed by atoms with Gasteiger partial charge in [0.25, 0.3) is 5.56 Å². The predicted octanol–water partition coefficient (Wildman–Crippen LogP) is 4.36. The third-order valence-electron chi connectivity index (χ3n) is 7.08. The summed E-state index contributed by atoms with van der Waals surface area (Å²) in [5.41, 5.74) is -4.73. The second-order valence-corrected chi connectivity index (χ2v) is 9.97. The van der Waals surface area contributed by atoms with E-state index in [-0.39, 0.29) is 40.2 Å². The van der Waals surface area contributed by atoms with Gasteiger partial charge in [-0.1, -0.05) is 12.1 Å². The first-order valence-corrected chi connectivity index (χ1v) is 11.1. The van der Waals surface area contributed by atoms with Crippen LogP contribution in [0.2, 0.25) is 0 Å². The van der Waals surface area contributed by atoms with Gasteiger partial charge >= 0.3 is 5.92 Å². The Kier molecular flexibility index (Phi) is 4.85. The molecule has 0 radical (unpaired) electrons. The number of nitrogens with zero attached hydrogens (tertiary/aromatic N) is 3. The Morgan fingerprint density at radius 1 is 1.18 bits per heavy atom. The van der Waals surface area contributed by atoms with Gasteiger partial charge in [0, 0.05) is 23.8 Å². The summed E-state index contributed by atoms with van der Waals surface area (Å²) in [5, 5.41) is 13.0. The van der Waals surface area contributed by atoms with Crippen LogP contribution in [-0.2, 0) is 18.0 Å². The number of nitrogens with one attached hydrogen (secondary N) is 1. The average molecular weight is 476 g/mol. The first-order chi connectivity index (χ1) is 15.8. The summed E-state index contributed by atoms with van der Waals surface area (Å²) in [6.07, 6.45) is 4.00. The normalized spacial score (nSPS) is 21.8. The molecule has 0 saturated heterocycles. The van der Waals surface area contributed by atoms with Gasteiger partial charge in [-0.05, 0) is 52.0 Å². The van der Waals surface area contributed by atoms with Gasteiger partial charge in [0.15, 0.2) is 0 Å². The highest BCUT2D eigenvalue weighted by Crippen LogP contribution is 2.61. The Hall–Kier alpha value is -3.01. The van der Waals surface area contributed by atoms with Crippen molar-refractivity contribution in [2.45, 2.75) is 63.6 Å². The van der Waals surface area contributed by atoms with E-state index in [2.05, 4.69) is 15.3 Å². The van der Waals surface area contributed by atoms with E-state index in [9.17, 15) is 18.7 Å². The molecule has 0 spiro atoms. The van der Waals surface area contributed by atoms with Crippen LogP contribution in [0.4, 0.5) is 23.4 Å². The van der Waals surface area contributed by atoms with Crippen LogP contribution in [0.1, 0.15) is 50.1 Å². The number of halogens is 4. The fourth-order valence-corrected chi connectivity index (χ4v) is 4.95. The molecule has 6 nitrogen and oxygen atoms in total. The molecule has 2 bridgehead atoms. The van der Waals surface area contributed by atoms with E-state index in [1.807, 2.05) is 0 Å². The molecule has 34 heavy (non-hydrogen) atoms. The first-order valence-electron chi connectivity index (χ1n) is 11.1. The molecule has 0 unspecified atom stereocenters. The van der Waals surface area contributed by atoms with E-state index in [0.717, 1.165) is 39.2 Å². The Morgan fingerprint density at radius 3 is 2.44 bits per heavy atom. The molecule has 2 N–H and O–H groups in total. The molecule has 3 aromatic rings. The molecule has 6 rings (SSSR count). The molecule has 0 atom stereocenters. The summed E-state index contributed by atoms with van der Waals surface area (Å²) in [6, 6.07) is 3.54. The van der Waals surface area contributed by atoms with Gasteiger partial charge in [-0.15, -0.1) is 0 Å². The molecule has 10 heteroatoms. The largest absolute Gasteiger partial charge is 0.384 e. The van der Waals surface area contributed by atoms with Crippen molar-refractivity contribution in [3.8, 4) is 0 Å². The lowest BCUT2D eigenvalue weighted by molar-refractivity contribution is -0.170. The average Bonchev–Trinajstić information content (AvgIpc) is 2.68. The number of rotatable bonds is 6. The number of anilines is 1. The molecule has 3 aliphatic carbocycles. The number of aromatic nitrogens is 3. The number of aliphatic hydroxyl groups is 1. The van der Waals surface area contributed by atoms with Crippen LogP contribution in [0, 0.1) is 24.5 Å². The minimum absolute atomic E-state index is 0.0842. The van der Waals surface area contributed by atoms with E-state index in [4.69, 9.17) is 0 Å². The highest BCUT2D eigenvalue weighted by atomic mass is 19.3. The van der Waals surface area contributed by atoms with Gasteiger partial charge in [-0.25, -0.2) is 14.4 Å². The van der Waals surface area contributed by atoms with Crippen molar-refractivity contribution in [1.82, 2.24) is 14.5 Å². The summed E-state index contributed by atoms with van der Waals surface area (Å²) in [7, 11) is 0. The van der Waals surface area contributed by atoms with E-state index >= 15 is 8.78 Å². The van der Waals surface area contributed by atoms with Crippen molar-refractivity contribution in [2.24, 2.45) is 5.92 Å². The molecule has 2 aromatic heterocycles. The Balaban J connectivity index is 1.53. The maximum Gasteiger partial charge on any atom is 0.303 e. The second-order valence-electron chi connectivity index (χ2n) is 9.97. The summed E-state index contributed by atoms with van der Waals surface area (Å²) < 4.78 is 60.7. The number of pyridine rings is 1. The van der Waals surface area contributed by atoms with Crippen LogP contribution in [-0.4, -0.2) is 25.2 Å². The molecule has 2 heterocycles. The summed E-state index contributed by atoms with van der Waals surface area (Å²) >= 11 is 0. The Morgan fingerprint density at radius 2 is 1.85 bits per heavy atom. The van der Waals surface area contributed by atoms with Gasteiger partial charge in [0.05, 0.1) is 10.9 Å². The van der Waals surface area contributed by atoms with Crippen molar-refractivity contribution >= 4 is 16.7 Å². The topological polar surface area (TPSA) is 80.0 Å². The van der Waals surface area contributed by atoms with Crippen molar-refractivity contribution in [3.05, 3.63) is 63.3 Å². The van der Waals surface area contributed by atoms with Crippen LogP contribution in [0.15, 0.2) is 29.2 Å². The number of fused-ring (bicyclic) bond motifs is 1. The van der Waals surface area contributed by atoms with Gasteiger partial charge in [-0.2, -0.15) is 13.2 Å². The summed E-state index contributed by atoms with van der Waals surface area (Å²) in [5.74, 6) is -5.04. The quantitative estimate of drug-likeness (QED) is 0.517. The number of aryl methyl sites for hydroxylation is 1. The molecule has 0 amide bonds. The standard InChI is InChI=1S/C24H24F4N4O2/c1-12-30-19-15(11-32(21(33)18(19)26)23-7-13(8-23)9-23)20(31-12)29-10-14-5-4-6-16(17(14)25)24(27,28)22(2,3)34/h4-6,11,13,34H,7-10H2,1-3H3,(H,29,30,31). The highest BCUT2D eigenvalue weighted by molar-refractivity contribution is 5.88. The third-order valence-corrected chi connectivity index (χ3v) is 7.08. The van der Waals surface area contributed by atoms with Crippen LogP contribution in [0.25, 0.3) is 10.9 Å². The summed E-state index contributed by atoms with van der Waals surface area (Å²) in [6.45, 7) is 3.11. The second kappa shape index (κ2) is 7.24. The molecule has 3 aliphatic rings. The van der Waals surface area contributed by atoms with Gasteiger partial charge in [-0.3, -0.25) is 4.79 Å². The lowest BCUT2D eigenvalue weighted by Gasteiger charge is -2.62. The molecular formula is C24H24F4N4O2. The zero-order valence-corrected chi connectivity index (χ0v) is 18.9. The van der Waals surface area contributed by atoms with Gasteiger partial charge in [0.1, 0.15) is 28.6 Å². The lowest BCUT2D eigenvalue weighted by atomic mass is 9.49. The van der Waals surface area contributed by atoms with E-state index in [0.29, 0.717) is 5.92 Å². The maximum absolute atomic E-state index is 15.0. The Bertz CT molecular complexity index is 1360. The minimum Gasteiger partial charge on any atom is -0.384 e. The van der Waals surface area contributed by atoms with Crippen LogP contribution in [0.5, 0.6) is 0 Å². The lowest BCUT2D eigenvalue weighted by Crippen LogP contribution is -2.62. The molecule has 0 aliphatic heterocycles. The fraction of sp³-hybridized carbons (Fsp3) is 0.458. The van der Waals surface area contributed by atoms with E-state index < -0.39 is 34.3 Å². The monoisotopic (exact) mass is 476 g/mol. The first kappa shape index (κ1) is 22.8. The maximum atomic E-state index is 15.0. The van der Waals surface area contributed by atoms with Crippen LogP contribution < -0.4 is 10.9 Å². The zero-order valence-electron chi connectivity index (χ0n) is 18.9. The van der Waals surface area contributed by atoms with Crippen molar-refractivity contribution < 1.29 is 22.7 Å². The summed E-state index contributed by atoms with van der Waals surface area (Å²) in [4.78, 5) is 21.0. The van der Waals surface area contributed by atoms with Crippen molar-refractivity contribution in [1.29, 1.82) is 0 Å². The van der Waals surface area contributed by atoms with Crippen molar-refractivity contribution in [2.75, 3.05) is 5.32 Å². The zero-order chi connectivity index (χ0) is 24.6. The fourth-order valence-electron chi connectivity index (χ4n) is 4.95. The molecular weight excluding hydrogens is 452 g/mol. The van der Waals surface area contributed by atoms with Gasteiger partial charge in [0.2, 0.25) is 5.82 Å². The number of hydrogen-bond donors (Lipinski definition) is 2. The smallest absolute Gasteiger partial charge is 0.303 e. The molecule has 180 valence electrons. The molecule has 1 aromatic carbocycles. The Labute approximate surface area is 192 Å². The molecule has 3 saturated carbocycles. The van der Waals surface area contributed by atoms with E-state index in [1.165, 1.54) is 29.8 Å². The minimum atomic E-state index is -3.83. The SMILES string of the molecule is Cc1nc(NCc2cccc(C(F)(F)C(C)(C)O)c2F)c2cn(C34CC(C3)C4)c(=O)c(F)c2n1. The highest BCUT2D eigenvalue weighted by Gasteiger charge is 2.58. The number of alkyl halides is 2. The van der Waals surface area contributed by atoms with Crippen LogP contribution in [0.3, 0.4) is 0 Å². The van der Waals surface area contributed by atoms with Crippen LogP contribution >= 0.6 is 0 Å². The van der Waals surface area contributed by atoms with E-state index in [1.54, 1.807) is 0 Å². The number of hydrogen-bond acceptors (Lipinski definition) is 5. The van der Waals surface area contributed by atoms with Gasteiger partial charge < -0.3 is 15.0 Å².